The van der Waals surface area contributed by atoms with E-state index < -0.39 is 0 Å². The van der Waals surface area contributed by atoms with Crippen molar-refractivity contribution >= 4 is 11.7 Å². The summed E-state index contributed by atoms with van der Waals surface area (Å²) in [7, 11) is 1.75. The Hall–Kier alpha value is -1.94. The van der Waals surface area contributed by atoms with Crippen LogP contribution in [0.25, 0.3) is 0 Å². The van der Waals surface area contributed by atoms with Crippen LogP contribution in [0.3, 0.4) is 0 Å². The second-order valence-corrected chi connectivity index (χ2v) is 6.58. The summed E-state index contributed by atoms with van der Waals surface area (Å²) in [4.78, 5) is 18.7. The van der Waals surface area contributed by atoms with Crippen LogP contribution in [0.15, 0.2) is 47.0 Å². The molecule has 2 atom stereocenters. The summed E-state index contributed by atoms with van der Waals surface area (Å²) >= 11 is 0. The highest BCUT2D eigenvalue weighted by Crippen LogP contribution is 2.25. The molecule has 1 fully saturated rings. The molecule has 0 spiro atoms. The zero-order valence-corrected chi connectivity index (χ0v) is 14.5. The maximum Gasteiger partial charge on any atom is 0.249 e. The number of amides is 1. The molecule has 0 bridgehead atoms. The molecule has 1 amide bonds. The van der Waals surface area contributed by atoms with Crippen LogP contribution in [0.1, 0.15) is 26.3 Å². The molecule has 4 heteroatoms. The number of nitrogens with zero attached hydrogens (tertiary/aromatic N) is 2. The number of amidine groups is 1. The Balaban J connectivity index is 1.99. The second-order valence-electron chi connectivity index (χ2n) is 6.58. The van der Waals surface area contributed by atoms with E-state index in [9.17, 15) is 4.79 Å². The first-order chi connectivity index (χ1) is 11.0. The summed E-state index contributed by atoms with van der Waals surface area (Å²) < 4.78 is 0. The Bertz CT molecular complexity index is 588. The van der Waals surface area contributed by atoms with Gasteiger partial charge in [0.05, 0.1) is 0 Å². The lowest BCUT2D eigenvalue weighted by molar-refractivity contribution is -0.115. The Labute approximate surface area is 139 Å². The summed E-state index contributed by atoms with van der Waals surface area (Å²) in [5.41, 5.74) is 2.31. The first kappa shape index (κ1) is 17.4. The molecule has 1 saturated heterocycles. The first-order valence-corrected chi connectivity index (χ1v) is 8.18. The Morgan fingerprint density at radius 1 is 1.30 bits per heavy atom. The van der Waals surface area contributed by atoms with Crippen LogP contribution in [0.2, 0.25) is 0 Å². The minimum atomic E-state index is -0.0840. The first-order valence-electron chi connectivity index (χ1n) is 8.18. The number of nitrogens with one attached hydrogen (secondary N) is 1. The lowest BCUT2D eigenvalue weighted by Crippen LogP contribution is -2.38. The molecular formula is C19H27N3O. The standard InChI is InChI=1S/C19H27N3O/c1-14(2)10-18(23)21-19(20-4)17-13-22(11-15(17)3)12-16-8-6-5-7-9-16/h5-10,15,17H,11-13H2,1-4H3,(H,20,21,23). The third-order valence-corrected chi connectivity index (χ3v) is 4.20. The number of carbonyl (C=O) groups is 1. The maximum absolute atomic E-state index is 12.0. The molecule has 4 nitrogen and oxygen atoms in total. The highest BCUT2D eigenvalue weighted by Gasteiger charge is 2.33. The fourth-order valence-electron chi connectivity index (χ4n) is 3.13. The highest BCUT2D eigenvalue weighted by atomic mass is 16.1. The molecule has 0 aliphatic carbocycles. The van der Waals surface area contributed by atoms with E-state index in [1.54, 1.807) is 13.1 Å². The van der Waals surface area contributed by atoms with Crippen LogP contribution in [-0.4, -0.2) is 36.8 Å². The molecule has 2 unspecified atom stereocenters. The van der Waals surface area contributed by atoms with Crippen molar-refractivity contribution in [3.8, 4) is 0 Å². The third-order valence-electron chi connectivity index (χ3n) is 4.20. The summed E-state index contributed by atoms with van der Waals surface area (Å²) in [6.07, 6.45) is 1.62. The van der Waals surface area contributed by atoms with Gasteiger partial charge in [-0.3, -0.25) is 14.7 Å². The van der Waals surface area contributed by atoms with E-state index >= 15 is 0 Å². The number of carbonyl (C=O) groups excluding carboxylic acids is 1. The fourth-order valence-corrected chi connectivity index (χ4v) is 3.13. The van der Waals surface area contributed by atoms with Crippen LogP contribution in [0.4, 0.5) is 0 Å². The summed E-state index contributed by atoms with van der Waals surface area (Å²) in [5.74, 6) is 1.47. The van der Waals surface area contributed by atoms with Gasteiger partial charge in [-0.05, 0) is 25.3 Å². The molecule has 1 aliphatic rings. The number of hydrogen-bond acceptors (Lipinski definition) is 3. The van der Waals surface area contributed by atoms with Crippen molar-refractivity contribution in [2.24, 2.45) is 16.8 Å². The minimum Gasteiger partial charge on any atom is -0.311 e. The zero-order chi connectivity index (χ0) is 16.8. The number of allylic oxidation sites excluding steroid dienone is 1. The lowest BCUT2D eigenvalue weighted by Gasteiger charge is -2.18. The van der Waals surface area contributed by atoms with E-state index in [0.717, 1.165) is 31.0 Å². The van der Waals surface area contributed by atoms with Gasteiger partial charge in [-0.15, -0.1) is 0 Å². The van der Waals surface area contributed by atoms with Crippen LogP contribution in [0, 0.1) is 11.8 Å². The quantitative estimate of drug-likeness (QED) is 0.528. The predicted octanol–water partition coefficient (Wildman–Crippen LogP) is 2.87. The van der Waals surface area contributed by atoms with E-state index in [2.05, 4.69) is 46.4 Å². The Morgan fingerprint density at radius 3 is 2.61 bits per heavy atom. The minimum absolute atomic E-state index is 0.0840. The summed E-state index contributed by atoms with van der Waals surface area (Å²) in [6.45, 7) is 8.97. The van der Waals surface area contributed by atoms with E-state index in [0.29, 0.717) is 5.92 Å². The molecule has 1 N–H and O–H groups in total. The van der Waals surface area contributed by atoms with Gasteiger partial charge in [-0.25, -0.2) is 0 Å². The van der Waals surface area contributed by atoms with Crippen molar-refractivity contribution in [1.29, 1.82) is 0 Å². The van der Waals surface area contributed by atoms with Crippen molar-refractivity contribution in [2.45, 2.75) is 27.3 Å². The molecule has 1 aromatic carbocycles. The van der Waals surface area contributed by atoms with Crippen molar-refractivity contribution in [3.63, 3.8) is 0 Å². The van der Waals surface area contributed by atoms with Gasteiger partial charge < -0.3 is 5.32 Å². The third kappa shape index (κ3) is 5.03. The Morgan fingerprint density at radius 2 is 2.00 bits per heavy atom. The molecule has 23 heavy (non-hydrogen) atoms. The van der Waals surface area contributed by atoms with E-state index in [4.69, 9.17) is 0 Å². The number of rotatable bonds is 4. The van der Waals surface area contributed by atoms with Gasteiger partial charge in [0.2, 0.25) is 5.91 Å². The number of hydrogen-bond donors (Lipinski definition) is 1. The van der Waals surface area contributed by atoms with Gasteiger partial charge >= 0.3 is 0 Å². The van der Waals surface area contributed by atoms with Gasteiger partial charge in [-0.2, -0.15) is 0 Å². The SMILES string of the molecule is CN=C(NC(=O)C=C(C)C)C1CN(Cc2ccccc2)CC1C. The zero-order valence-electron chi connectivity index (χ0n) is 14.5. The predicted molar refractivity (Wildman–Crippen MR) is 95.3 cm³/mol. The normalized spacial score (nSPS) is 22.0. The van der Waals surface area contributed by atoms with E-state index in [1.807, 2.05) is 19.9 Å². The van der Waals surface area contributed by atoms with E-state index in [-0.39, 0.29) is 11.8 Å². The Kier molecular flexibility index (Phi) is 6.11. The van der Waals surface area contributed by atoms with Crippen LogP contribution < -0.4 is 5.32 Å². The van der Waals surface area contributed by atoms with Crippen molar-refractivity contribution in [3.05, 3.63) is 47.5 Å². The monoisotopic (exact) mass is 313 g/mol. The van der Waals surface area contributed by atoms with Crippen LogP contribution in [0.5, 0.6) is 0 Å². The van der Waals surface area contributed by atoms with Gasteiger partial charge in [0.1, 0.15) is 5.84 Å². The molecule has 124 valence electrons. The topological polar surface area (TPSA) is 44.7 Å². The molecule has 0 aromatic heterocycles. The second kappa shape index (κ2) is 8.06. The summed E-state index contributed by atoms with van der Waals surface area (Å²) in [6, 6.07) is 10.5. The van der Waals surface area contributed by atoms with E-state index in [1.165, 1.54) is 5.56 Å². The fraction of sp³-hybridized carbons (Fsp3) is 0.474. The van der Waals surface area contributed by atoms with Crippen molar-refractivity contribution < 1.29 is 4.79 Å². The lowest BCUT2D eigenvalue weighted by atomic mass is 9.96. The number of benzene rings is 1. The molecule has 1 aliphatic heterocycles. The average molecular weight is 313 g/mol. The molecular weight excluding hydrogens is 286 g/mol. The molecule has 0 radical (unpaired) electrons. The van der Waals surface area contributed by atoms with Crippen molar-refractivity contribution in [1.82, 2.24) is 10.2 Å². The smallest absolute Gasteiger partial charge is 0.249 e. The van der Waals surface area contributed by atoms with Gasteiger partial charge in [0, 0.05) is 38.7 Å². The van der Waals surface area contributed by atoms with Gasteiger partial charge in [0.15, 0.2) is 0 Å². The number of likely N-dealkylation sites (tertiary alicyclic amines) is 1. The maximum atomic E-state index is 12.0. The molecule has 0 saturated carbocycles. The van der Waals surface area contributed by atoms with Crippen LogP contribution in [-0.2, 0) is 11.3 Å². The average Bonchev–Trinajstić information content (AvgIpc) is 2.85. The van der Waals surface area contributed by atoms with Crippen molar-refractivity contribution in [2.75, 3.05) is 20.1 Å². The molecule has 1 aromatic rings. The molecule has 1 heterocycles. The van der Waals surface area contributed by atoms with Gasteiger partial charge in [-0.1, -0.05) is 42.8 Å². The van der Waals surface area contributed by atoms with Gasteiger partial charge in [0.25, 0.3) is 0 Å². The van der Waals surface area contributed by atoms with Crippen LogP contribution >= 0.6 is 0 Å². The summed E-state index contributed by atoms with van der Waals surface area (Å²) in [5, 5.41) is 2.96. The largest absolute Gasteiger partial charge is 0.311 e. The number of aliphatic imine (C=N–C) groups is 1. The highest BCUT2D eigenvalue weighted by molar-refractivity contribution is 6.04. The molecule has 2 rings (SSSR count).